The molecule has 0 aliphatic rings. The summed E-state index contributed by atoms with van der Waals surface area (Å²) in [5.41, 5.74) is 1.20. The number of carbonyl (C=O) groups is 1. The van der Waals surface area contributed by atoms with E-state index in [-0.39, 0.29) is 18.2 Å². The Balaban J connectivity index is 1.98. The second kappa shape index (κ2) is 6.85. The molecule has 20 heavy (non-hydrogen) atoms. The van der Waals surface area contributed by atoms with Gasteiger partial charge in [0.25, 0.3) is 0 Å². The largest absolute Gasteiger partial charge is 0.489 e. The summed E-state index contributed by atoms with van der Waals surface area (Å²) in [6, 6.07) is 13.5. The van der Waals surface area contributed by atoms with E-state index >= 15 is 0 Å². The Kier molecular flexibility index (Phi) is 4.88. The first-order valence-electron chi connectivity index (χ1n) is 6.70. The number of ether oxygens (including phenoxy) is 1. The minimum Gasteiger partial charge on any atom is -0.489 e. The Labute approximate surface area is 118 Å². The highest BCUT2D eigenvalue weighted by Crippen LogP contribution is 2.16. The zero-order valence-corrected chi connectivity index (χ0v) is 11.4. The van der Waals surface area contributed by atoms with Crippen LogP contribution in [0.25, 0.3) is 0 Å². The maximum Gasteiger partial charge on any atom is 0.162 e. The van der Waals surface area contributed by atoms with Crippen molar-refractivity contribution in [3.63, 3.8) is 0 Å². The van der Waals surface area contributed by atoms with Gasteiger partial charge in [0.2, 0.25) is 0 Å². The lowest BCUT2D eigenvalue weighted by atomic mass is 10.1. The van der Waals surface area contributed by atoms with Gasteiger partial charge in [-0.05, 0) is 36.8 Å². The SMILES string of the molecule is CCCC(=O)c1ccc(OCc2ccccc2F)cc1. The Morgan fingerprint density at radius 3 is 2.45 bits per heavy atom. The first-order chi connectivity index (χ1) is 9.70. The van der Waals surface area contributed by atoms with Crippen LogP contribution in [0.3, 0.4) is 0 Å². The highest BCUT2D eigenvalue weighted by molar-refractivity contribution is 5.96. The Morgan fingerprint density at radius 1 is 1.10 bits per heavy atom. The zero-order chi connectivity index (χ0) is 14.4. The van der Waals surface area contributed by atoms with E-state index in [9.17, 15) is 9.18 Å². The molecule has 0 N–H and O–H groups in total. The van der Waals surface area contributed by atoms with Crippen molar-refractivity contribution in [3.8, 4) is 5.75 Å². The average molecular weight is 272 g/mol. The van der Waals surface area contributed by atoms with Crippen molar-refractivity contribution < 1.29 is 13.9 Å². The molecule has 0 saturated carbocycles. The van der Waals surface area contributed by atoms with Gasteiger partial charge in [-0.3, -0.25) is 4.79 Å². The van der Waals surface area contributed by atoms with Gasteiger partial charge < -0.3 is 4.74 Å². The van der Waals surface area contributed by atoms with Crippen LogP contribution < -0.4 is 4.74 Å². The van der Waals surface area contributed by atoms with E-state index in [0.717, 1.165) is 6.42 Å². The third kappa shape index (κ3) is 3.67. The average Bonchev–Trinajstić information content (AvgIpc) is 2.47. The molecule has 2 nitrogen and oxygen atoms in total. The standard InChI is InChI=1S/C17H17FO2/c1-2-5-17(19)13-8-10-15(11-9-13)20-12-14-6-3-4-7-16(14)18/h3-4,6-11H,2,5,12H2,1H3. The predicted octanol–water partition coefficient (Wildman–Crippen LogP) is 4.39. The van der Waals surface area contributed by atoms with Crippen molar-refractivity contribution >= 4 is 5.78 Å². The monoisotopic (exact) mass is 272 g/mol. The summed E-state index contributed by atoms with van der Waals surface area (Å²) >= 11 is 0. The molecule has 2 rings (SSSR count). The molecule has 2 aromatic carbocycles. The summed E-state index contributed by atoms with van der Waals surface area (Å²) in [5.74, 6) is 0.483. The van der Waals surface area contributed by atoms with Crippen molar-refractivity contribution in [3.05, 3.63) is 65.5 Å². The van der Waals surface area contributed by atoms with Crippen molar-refractivity contribution in [1.29, 1.82) is 0 Å². The Bertz CT molecular complexity index is 576. The van der Waals surface area contributed by atoms with Gasteiger partial charge in [-0.15, -0.1) is 0 Å². The maximum atomic E-state index is 13.4. The van der Waals surface area contributed by atoms with Crippen LogP contribution in [0.5, 0.6) is 5.75 Å². The summed E-state index contributed by atoms with van der Waals surface area (Å²) in [5, 5.41) is 0. The van der Waals surface area contributed by atoms with E-state index in [1.54, 1.807) is 42.5 Å². The normalized spacial score (nSPS) is 10.3. The fourth-order valence-electron chi connectivity index (χ4n) is 1.88. The number of hydrogen-bond acceptors (Lipinski definition) is 2. The van der Waals surface area contributed by atoms with Gasteiger partial charge in [0.15, 0.2) is 5.78 Å². The highest BCUT2D eigenvalue weighted by atomic mass is 19.1. The lowest BCUT2D eigenvalue weighted by molar-refractivity contribution is 0.0981. The molecule has 0 bridgehead atoms. The third-order valence-electron chi connectivity index (χ3n) is 3.01. The fraction of sp³-hybridized carbons (Fsp3) is 0.235. The van der Waals surface area contributed by atoms with Crippen molar-refractivity contribution in [1.82, 2.24) is 0 Å². The Hall–Kier alpha value is -2.16. The van der Waals surface area contributed by atoms with Crippen LogP contribution in [0.1, 0.15) is 35.7 Å². The zero-order valence-electron chi connectivity index (χ0n) is 11.4. The molecule has 104 valence electrons. The van der Waals surface area contributed by atoms with Crippen molar-refractivity contribution in [2.75, 3.05) is 0 Å². The number of ketones is 1. The van der Waals surface area contributed by atoms with E-state index in [1.165, 1.54) is 6.07 Å². The summed E-state index contributed by atoms with van der Waals surface area (Å²) < 4.78 is 18.9. The number of Topliss-reactive ketones (excluding diaryl/α,β-unsaturated/α-hetero) is 1. The van der Waals surface area contributed by atoms with E-state index in [0.29, 0.717) is 23.3 Å². The number of rotatable bonds is 6. The quantitative estimate of drug-likeness (QED) is 0.729. The number of carbonyl (C=O) groups excluding carboxylic acids is 1. The molecule has 0 saturated heterocycles. The van der Waals surface area contributed by atoms with Gasteiger partial charge in [-0.1, -0.05) is 25.1 Å². The minimum absolute atomic E-state index is 0.133. The predicted molar refractivity (Wildman–Crippen MR) is 76.4 cm³/mol. The van der Waals surface area contributed by atoms with Crippen LogP contribution in [0.2, 0.25) is 0 Å². The lowest BCUT2D eigenvalue weighted by Gasteiger charge is -2.07. The maximum absolute atomic E-state index is 13.4. The molecule has 0 aliphatic heterocycles. The summed E-state index contributed by atoms with van der Waals surface area (Å²) in [7, 11) is 0. The topological polar surface area (TPSA) is 26.3 Å². The minimum atomic E-state index is -0.276. The van der Waals surface area contributed by atoms with Crippen LogP contribution in [0.4, 0.5) is 4.39 Å². The van der Waals surface area contributed by atoms with Crippen LogP contribution in [0.15, 0.2) is 48.5 Å². The molecule has 0 radical (unpaired) electrons. The van der Waals surface area contributed by atoms with E-state index in [2.05, 4.69) is 0 Å². The highest BCUT2D eigenvalue weighted by Gasteiger charge is 2.05. The molecular weight excluding hydrogens is 255 g/mol. The van der Waals surface area contributed by atoms with E-state index in [1.807, 2.05) is 6.92 Å². The van der Waals surface area contributed by atoms with Gasteiger partial charge in [0.1, 0.15) is 18.2 Å². The second-order valence-corrected chi connectivity index (χ2v) is 4.58. The summed E-state index contributed by atoms with van der Waals surface area (Å²) in [4.78, 5) is 11.7. The van der Waals surface area contributed by atoms with Gasteiger partial charge >= 0.3 is 0 Å². The molecular formula is C17H17FO2. The second-order valence-electron chi connectivity index (χ2n) is 4.58. The first-order valence-corrected chi connectivity index (χ1v) is 6.70. The molecule has 0 atom stereocenters. The fourth-order valence-corrected chi connectivity index (χ4v) is 1.88. The lowest BCUT2D eigenvalue weighted by Crippen LogP contribution is -2.00. The van der Waals surface area contributed by atoms with E-state index in [4.69, 9.17) is 4.74 Å². The molecule has 0 spiro atoms. The van der Waals surface area contributed by atoms with Crippen molar-refractivity contribution in [2.45, 2.75) is 26.4 Å². The molecule has 0 heterocycles. The van der Waals surface area contributed by atoms with E-state index < -0.39 is 0 Å². The molecule has 0 aliphatic carbocycles. The van der Waals surface area contributed by atoms with Gasteiger partial charge in [0, 0.05) is 17.5 Å². The number of benzene rings is 2. The molecule has 0 unspecified atom stereocenters. The molecule has 3 heteroatoms. The molecule has 0 amide bonds. The third-order valence-corrected chi connectivity index (χ3v) is 3.01. The van der Waals surface area contributed by atoms with Crippen LogP contribution in [-0.4, -0.2) is 5.78 Å². The van der Waals surface area contributed by atoms with Crippen LogP contribution >= 0.6 is 0 Å². The smallest absolute Gasteiger partial charge is 0.162 e. The summed E-state index contributed by atoms with van der Waals surface area (Å²) in [6.07, 6.45) is 1.39. The Morgan fingerprint density at radius 2 is 1.80 bits per heavy atom. The first kappa shape index (κ1) is 14.3. The van der Waals surface area contributed by atoms with Crippen LogP contribution in [0, 0.1) is 5.82 Å². The summed E-state index contributed by atoms with van der Waals surface area (Å²) in [6.45, 7) is 2.15. The van der Waals surface area contributed by atoms with Gasteiger partial charge in [-0.2, -0.15) is 0 Å². The molecule has 0 aromatic heterocycles. The molecule has 2 aromatic rings. The number of halogens is 1. The van der Waals surface area contributed by atoms with Gasteiger partial charge in [-0.25, -0.2) is 4.39 Å². The van der Waals surface area contributed by atoms with Crippen LogP contribution in [-0.2, 0) is 6.61 Å². The van der Waals surface area contributed by atoms with Crippen molar-refractivity contribution in [2.24, 2.45) is 0 Å². The molecule has 0 fully saturated rings. The van der Waals surface area contributed by atoms with Gasteiger partial charge in [0.05, 0.1) is 0 Å². The number of hydrogen-bond donors (Lipinski definition) is 0.